The van der Waals surface area contributed by atoms with Crippen molar-refractivity contribution in [3.8, 4) is 67.3 Å². The van der Waals surface area contributed by atoms with E-state index in [1.807, 2.05) is 24.3 Å². The van der Waals surface area contributed by atoms with Crippen molar-refractivity contribution < 1.29 is 4.42 Å². The van der Waals surface area contributed by atoms with Gasteiger partial charge in [-0.05, 0) is 80.6 Å². The molecule has 0 unspecified atom stereocenters. The molecule has 0 atom stereocenters. The normalized spacial score (nSPS) is 11.4. The molecule has 0 fully saturated rings. The zero-order chi connectivity index (χ0) is 35.1. The molecular formula is C50H32N2O. The molecule has 0 N–H and O–H groups in total. The van der Waals surface area contributed by atoms with E-state index in [1.54, 1.807) is 0 Å². The van der Waals surface area contributed by atoms with Gasteiger partial charge in [0, 0.05) is 27.5 Å². The molecule has 3 nitrogen and oxygen atoms in total. The molecule has 3 heteroatoms. The van der Waals surface area contributed by atoms with Crippen molar-refractivity contribution in [1.82, 2.24) is 9.97 Å². The highest BCUT2D eigenvalue weighted by molar-refractivity contribution is 6.13. The first kappa shape index (κ1) is 30.7. The molecule has 2 aromatic heterocycles. The predicted molar refractivity (Wildman–Crippen MR) is 219 cm³/mol. The van der Waals surface area contributed by atoms with E-state index in [0.717, 1.165) is 72.3 Å². The zero-order valence-electron chi connectivity index (χ0n) is 28.8. The highest BCUT2D eigenvalue weighted by Gasteiger charge is 2.17. The average molecular weight is 677 g/mol. The maximum Gasteiger partial charge on any atom is 0.160 e. The van der Waals surface area contributed by atoms with Gasteiger partial charge in [-0.3, -0.25) is 0 Å². The van der Waals surface area contributed by atoms with Crippen molar-refractivity contribution in [2.45, 2.75) is 0 Å². The van der Waals surface area contributed by atoms with Gasteiger partial charge < -0.3 is 4.42 Å². The lowest BCUT2D eigenvalue weighted by atomic mass is 9.91. The van der Waals surface area contributed by atoms with E-state index < -0.39 is 0 Å². The summed E-state index contributed by atoms with van der Waals surface area (Å²) < 4.78 is 6.35. The smallest absolute Gasteiger partial charge is 0.160 e. The maximum atomic E-state index is 6.35. The van der Waals surface area contributed by atoms with Crippen LogP contribution in [0.3, 0.4) is 0 Å². The van der Waals surface area contributed by atoms with Gasteiger partial charge in [0.25, 0.3) is 0 Å². The van der Waals surface area contributed by atoms with Crippen LogP contribution >= 0.6 is 0 Å². The fourth-order valence-electron chi connectivity index (χ4n) is 7.50. The van der Waals surface area contributed by atoms with Crippen LogP contribution in [0.5, 0.6) is 0 Å². The summed E-state index contributed by atoms with van der Waals surface area (Å²) in [6, 6.07) is 68.1. The molecule has 0 aliphatic heterocycles. The van der Waals surface area contributed by atoms with E-state index in [0.29, 0.717) is 5.82 Å². The van der Waals surface area contributed by atoms with Crippen LogP contribution in [0.1, 0.15) is 0 Å². The molecule has 248 valence electrons. The summed E-state index contributed by atoms with van der Waals surface area (Å²) in [6.07, 6.45) is 0. The first-order chi connectivity index (χ1) is 26.2. The lowest BCUT2D eigenvalue weighted by Gasteiger charge is -2.15. The van der Waals surface area contributed by atoms with Crippen LogP contribution in [0.4, 0.5) is 0 Å². The lowest BCUT2D eigenvalue weighted by molar-refractivity contribution is 0.669. The highest BCUT2D eigenvalue weighted by Crippen LogP contribution is 2.41. The number of nitrogens with zero attached hydrogens (tertiary/aromatic N) is 2. The Morgan fingerprint density at radius 1 is 0.321 bits per heavy atom. The molecule has 0 amide bonds. The van der Waals surface area contributed by atoms with Gasteiger partial charge in [-0.1, -0.05) is 158 Å². The molecule has 53 heavy (non-hydrogen) atoms. The van der Waals surface area contributed by atoms with Crippen LogP contribution in [-0.2, 0) is 0 Å². The van der Waals surface area contributed by atoms with Crippen molar-refractivity contribution in [2.24, 2.45) is 0 Å². The first-order valence-corrected chi connectivity index (χ1v) is 17.9. The topological polar surface area (TPSA) is 38.9 Å². The Morgan fingerprint density at radius 3 is 1.64 bits per heavy atom. The molecule has 0 spiro atoms. The molecule has 10 rings (SSSR count). The minimum absolute atomic E-state index is 0.681. The highest BCUT2D eigenvalue weighted by atomic mass is 16.3. The van der Waals surface area contributed by atoms with Gasteiger partial charge in [0.05, 0.1) is 11.4 Å². The number of furan rings is 1. The Balaban J connectivity index is 1.21. The Morgan fingerprint density at radius 2 is 0.849 bits per heavy atom. The minimum atomic E-state index is 0.681. The number of benzene rings is 8. The first-order valence-electron chi connectivity index (χ1n) is 17.9. The van der Waals surface area contributed by atoms with E-state index in [-0.39, 0.29) is 0 Å². The fourth-order valence-corrected chi connectivity index (χ4v) is 7.50. The van der Waals surface area contributed by atoms with Crippen molar-refractivity contribution in [3.05, 3.63) is 194 Å². The van der Waals surface area contributed by atoms with Crippen LogP contribution in [0.15, 0.2) is 199 Å². The molecule has 0 saturated heterocycles. The summed E-state index contributed by atoms with van der Waals surface area (Å²) in [5.41, 5.74) is 13.3. The van der Waals surface area contributed by atoms with E-state index in [1.165, 1.54) is 21.9 Å². The predicted octanol–water partition coefficient (Wildman–Crippen LogP) is 13.5. The van der Waals surface area contributed by atoms with E-state index in [9.17, 15) is 0 Å². The second-order valence-electron chi connectivity index (χ2n) is 13.4. The van der Waals surface area contributed by atoms with Crippen molar-refractivity contribution in [3.63, 3.8) is 0 Å². The van der Waals surface area contributed by atoms with E-state index in [4.69, 9.17) is 14.4 Å². The minimum Gasteiger partial charge on any atom is -0.456 e. The van der Waals surface area contributed by atoms with E-state index >= 15 is 0 Å². The van der Waals surface area contributed by atoms with E-state index in [2.05, 4.69) is 170 Å². The summed E-state index contributed by atoms with van der Waals surface area (Å²) in [4.78, 5) is 10.5. The Hall–Kier alpha value is -7.10. The Labute approximate surface area is 307 Å². The van der Waals surface area contributed by atoms with Gasteiger partial charge in [0.1, 0.15) is 11.2 Å². The number of rotatable bonds is 6. The summed E-state index contributed by atoms with van der Waals surface area (Å²) in [5, 5.41) is 4.62. The molecule has 0 aliphatic carbocycles. The van der Waals surface area contributed by atoms with Gasteiger partial charge in [-0.15, -0.1) is 0 Å². The number of para-hydroxylation sites is 1. The van der Waals surface area contributed by atoms with Crippen LogP contribution in [0.25, 0.3) is 100.0 Å². The molecule has 10 aromatic rings. The van der Waals surface area contributed by atoms with Crippen molar-refractivity contribution in [2.75, 3.05) is 0 Å². The largest absolute Gasteiger partial charge is 0.456 e. The second kappa shape index (κ2) is 12.9. The molecule has 0 radical (unpaired) electrons. The molecule has 0 aliphatic rings. The summed E-state index contributed by atoms with van der Waals surface area (Å²) in [7, 11) is 0. The standard InChI is InChI=1S/C50H32N2O/c1-3-13-33(14-4-1)34-25-27-37(28-26-34)50-51-45(36-16-5-2-6-17-36)32-46(52-50)40-30-38(42-21-11-18-35-15-7-8-19-41(35)42)29-39(31-40)43-22-12-24-48-49(43)44-20-9-10-23-47(44)53-48/h1-32H. The molecule has 2 heterocycles. The summed E-state index contributed by atoms with van der Waals surface area (Å²) >= 11 is 0. The fraction of sp³-hybridized carbons (Fsp3) is 0. The van der Waals surface area contributed by atoms with Gasteiger partial charge >= 0.3 is 0 Å². The zero-order valence-corrected chi connectivity index (χ0v) is 28.8. The number of fused-ring (bicyclic) bond motifs is 4. The number of hydrogen-bond acceptors (Lipinski definition) is 3. The van der Waals surface area contributed by atoms with Gasteiger partial charge in [0.2, 0.25) is 0 Å². The van der Waals surface area contributed by atoms with Crippen LogP contribution in [0.2, 0.25) is 0 Å². The van der Waals surface area contributed by atoms with Gasteiger partial charge in [-0.2, -0.15) is 0 Å². The summed E-state index contributed by atoms with van der Waals surface area (Å²) in [5.74, 6) is 0.681. The van der Waals surface area contributed by atoms with Crippen LogP contribution in [-0.4, -0.2) is 9.97 Å². The summed E-state index contributed by atoms with van der Waals surface area (Å²) in [6.45, 7) is 0. The van der Waals surface area contributed by atoms with Crippen molar-refractivity contribution >= 4 is 32.7 Å². The van der Waals surface area contributed by atoms with Gasteiger partial charge in [-0.25, -0.2) is 9.97 Å². The third-order valence-electron chi connectivity index (χ3n) is 10.1. The second-order valence-corrected chi connectivity index (χ2v) is 13.4. The third kappa shape index (κ3) is 5.65. The van der Waals surface area contributed by atoms with Gasteiger partial charge in [0.15, 0.2) is 5.82 Å². The Bertz CT molecular complexity index is 2920. The number of aromatic nitrogens is 2. The molecule has 0 saturated carbocycles. The Kier molecular flexibility index (Phi) is 7.47. The lowest BCUT2D eigenvalue weighted by Crippen LogP contribution is -1.97. The SMILES string of the molecule is c1ccc(-c2ccc(-c3nc(-c4ccccc4)cc(-c4cc(-c5cccc6ccccc56)cc(-c5cccc6oc7ccccc7c56)c4)n3)cc2)cc1. The average Bonchev–Trinajstić information content (AvgIpc) is 3.63. The van der Waals surface area contributed by atoms with Crippen LogP contribution in [0, 0.1) is 0 Å². The molecule has 0 bridgehead atoms. The van der Waals surface area contributed by atoms with Crippen LogP contribution < -0.4 is 0 Å². The molecular weight excluding hydrogens is 645 g/mol. The molecule has 8 aromatic carbocycles. The quantitative estimate of drug-likeness (QED) is 0.176. The maximum absolute atomic E-state index is 6.35. The monoisotopic (exact) mass is 676 g/mol. The third-order valence-corrected chi connectivity index (χ3v) is 10.1. The number of hydrogen-bond donors (Lipinski definition) is 0. The van der Waals surface area contributed by atoms with Crippen molar-refractivity contribution in [1.29, 1.82) is 0 Å².